The lowest BCUT2D eigenvalue weighted by molar-refractivity contribution is -0.153. The molecule has 0 saturated heterocycles. The van der Waals surface area contributed by atoms with E-state index < -0.39 is 24.3 Å². The fourth-order valence-corrected chi connectivity index (χ4v) is 0.985. The van der Waals surface area contributed by atoms with Gasteiger partial charge in [0.05, 0.1) is 0 Å². The van der Waals surface area contributed by atoms with E-state index in [4.69, 9.17) is 5.73 Å². The van der Waals surface area contributed by atoms with Crippen molar-refractivity contribution in [1.82, 2.24) is 0 Å². The molecule has 1 aromatic carbocycles. The molecule has 0 aromatic heterocycles. The minimum absolute atomic E-state index is 0. The maximum absolute atomic E-state index is 13.3. The average Bonchev–Trinajstić information content (AvgIpc) is 2.15. The summed E-state index contributed by atoms with van der Waals surface area (Å²) < 4.78 is 52.9. The van der Waals surface area contributed by atoms with Crippen LogP contribution < -0.4 is 10.5 Å². The van der Waals surface area contributed by atoms with Gasteiger partial charge in [0.2, 0.25) is 0 Å². The molecule has 0 amide bonds. The Bertz CT molecular complexity index is 343. The van der Waals surface area contributed by atoms with Crippen LogP contribution in [0.2, 0.25) is 0 Å². The summed E-state index contributed by atoms with van der Waals surface area (Å²) in [7, 11) is 0. The van der Waals surface area contributed by atoms with Gasteiger partial charge in [0.25, 0.3) is 0 Å². The van der Waals surface area contributed by atoms with Crippen LogP contribution >= 0.6 is 12.4 Å². The molecule has 0 aliphatic rings. The van der Waals surface area contributed by atoms with Gasteiger partial charge >= 0.3 is 6.18 Å². The van der Waals surface area contributed by atoms with Crippen molar-refractivity contribution in [3.05, 3.63) is 29.6 Å². The molecule has 0 heterocycles. The van der Waals surface area contributed by atoms with Gasteiger partial charge in [0.1, 0.15) is 0 Å². The van der Waals surface area contributed by atoms with Gasteiger partial charge in [-0.15, -0.1) is 12.4 Å². The van der Waals surface area contributed by atoms with E-state index in [9.17, 15) is 17.6 Å². The fourth-order valence-electron chi connectivity index (χ4n) is 0.985. The van der Waals surface area contributed by atoms with E-state index in [2.05, 4.69) is 4.74 Å². The van der Waals surface area contributed by atoms with Crippen molar-refractivity contribution in [3.8, 4) is 5.75 Å². The quantitative estimate of drug-likeness (QED) is 0.847. The van der Waals surface area contributed by atoms with Gasteiger partial charge in [-0.1, -0.05) is 12.1 Å². The van der Waals surface area contributed by atoms with E-state index in [1.807, 2.05) is 0 Å². The van der Waals surface area contributed by atoms with Crippen LogP contribution in [0.15, 0.2) is 18.2 Å². The molecular formula is C9H10ClF4NO. The lowest BCUT2D eigenvalue weighted by atomic mass is 10.2. The molecule has 0 fully saturated rings. The Morgan fingerprint density at radius 3 is 2.38 bits per heavy atom. The van der Waals surface area contributed by atoms with Crippen LogP contribution in [0, 0.1) is 5.82 Å². The zero-order valence-electron chi connectivity index (χ0n) is 8.05. The van der Waals surface area contributed by atoms with Gasteiger partial charge in [0.15, 0.2) is 18.2 Å². The van der Waals surface area contributed by atoms with Crippen LogP contribution in [0.5, 0.6) is 5.75 Å². The molecule has 0 spiro atoms. The number of ether oxygens (including phenoxy) is 1. The molecule has 0 radical (unpaired) electrons. The molecule has 1 aromatic rings. The van der Waals surface area contributed by atoms with E-state index in [1.54, 1.807) is 0 Å². The van der Waals surface area contributed by atoms with E-state index >= 15 is 0 Å². The first-order valence-electron chi connectivity index (χ1n) is 4.11. The zero-order valence-corrected chi connectivity index (χ0v) is 8.87. The van der Waals surface area contributed by atoms with Gasteiger partial charge < -0.3 is 10.5 Å². The molecule has 2 N–H and O–H groups in total. The van der Waals surface area contributed by atoms with Crippen LogP contribution in [0.1, 0.15) is 5.56 Å². The number of alkyl halides is 3. The average molecular weight is 260 g/mol. The van der Waals surface area contributed by atoms with Crippen LogP contribution in [-0.2, 0) is 6.54 Å². The third-order valence-electron chi connectivity index (χ3n) is 1.65. The molecule has 7 heteroatoms. The second kappa shape index (κ2) is 5.91. The summed E-state index contributed by atoms with van der Waals surface area (Å²) >= 11 is 0. The third kappa shape index (κ3) is 4.24. The summed E-state index contributed by atoms with van der Waals surface area (Å²) in [6.07, 6.45) is -4.48. The summed E-state index contributed by atoms with van der Waals surface area (Å²) in [6, 6.07) is 3.90. The van der Waals surface area contributed by atoms with Crippen molar-refractivity contribution in [1.29, 1.82) is 0 Å². The SMILES string of the molecule is Cl.NCc1cccc(OCC(F)(F)F)c1F. The standard InChI is InChI=1S/C9H9F4NO.ClH/c10-8-6(4-14)2-1-3-7(8)15-5-9(11,12)13;/h1-3H,4-5,14H2;1H. The largest absolute Gasteiger partial charge is 0.481 e. The molecule has 0 aliphatic carbocycles. The predicted octanol–water partition coefficient (Wildman–Crippen LogP) is 2.65. The Labute approximate surface area is 95.8 Å². The summed E-state index contributed by atoms with van der Waals surface area (Å²) in [5, 5.41) is 0. The molecule has 16 heavy (non-hydrogen) atoms. The minimum Gasteiger partial charge on any atom is -0.481 e. The normalized spacial score (nSPS) is 10.8. The number of nitrogens with two attached hydrogens (primary N) is 1. The molecule has 2 nitrogen and oxygen atoms in total. The minimum atomic E-state index is -4.48. The summed E-state index contributed by atoms with van der Waals surface area (Å²) in [4.78, 5) is 0. The Hall–Kier alpha value is -1.01. The van der Waals surface area contributed by atoms with Crippen molar-refractivity contribution in [2.75, 3.05) is 6.61 Å². The highest BCUT2D eigenvalue weighted by atomic mass is 35.5. The monoisotopic (exact) mass is 259 g/mol. The molecule has 0 bridgehead atoms. The van der Waals surface area contributed by atoms with E-state index in [0.29, 0.717) is 0 Å². The van der Waals surface area contributed by atoms with Crippen molar-refractivity contribution < 1.29 is 22.3 Å². The first-order valence-corrected chi connectivity index (χ1v) is 4.11. The Balaban J connectivity index is 0.00000225. The first kappa shape index (κ1) is 15.0. The first-order chi connectivity index (χ1) is 6.94. The number of hydrogen-bond donors (Lipinski definition) is 1. The van der Waals surface area contributed by atoms with Crippen molar-refractivity contribution >= 4 is 12.4 Å². The van der Waals surface area contributed by atoms with Gasteiger partial charge in [-0.05, 0) is 6.07 Å². The summed E-state index contributed by atoms with van der Waals surface area (Å²) in [5.41, 5.74) is 5.30. The van der Waals surface area contributed by atoms with Crippen molar-refractivity contribution in [3.63, 3.8) is 0 Å². The fraction of sp³-hybridized carbons (Fsp3) is 0.333. The van der Waals surface area contributed by atoms with Crippen molar-refractivity contribution in [2.45, 2.75) is 12.7 Å². The molecular weight excluding hydrogens is 250 g/mol. The Kier molecular flexibility index (Phi) is 5.53. The topological polar surface area (TPSA) is 35.2 Å². The number of benzene rings is 1. The van der Waals surface area contributed by atoms with Gasteiger partial charge in [-0.25, -0.2) is 4.39 Å². The highest BCUT2D eigenvalue weighted by Crippen LogP contribution is 2.23. The van der Waals surface area contributed by atoms with Crippen LogP contribution in [-0.4, -0.2) is 12.8 Å². The smallest absolute Gasteiger partial charge is 0.422 e. The third-order valence-corrected chi connectivity index (χ3v) is 1.65. The number of hydrogen-bond acceptors (Lipinski definition) is 2. The zero-order chi connectivity index (χ0) is 11.5. The van der Waals surface area contributed by atoms with E-state index in [0.717, 1.165) is 6.07 Å². The van der Waals surface area contributed by atoms with E-state index in [1.165, 1.54) is 12.1 Å². The highest BCUT2D eigenvalue weighted by Gasteiger charge is 2.29. The lowest BCUT2D eigenvalue weighted by Crippen LogP contribution is -2.20. The van der Waals surface area contributed by atoms with Gasteiger partial charge in [-0.3, -0.25) is 0 Å². The Morgan fingerprint density at radius 1 is 1.25 bits per heavy atom. The number of halogens is 5. The predicted molar refractivity (Wildman–Crippen MR) is 53.1 cm³/mol. The highest BCUT2D eigenvalue weighted by molar-refractivity contribution is 5.85. The van der Waals surface area contributed by atoms with E-state index in [-0.39, 0.29) is 24.5 Å². The second-order valence-corrected chi connectivity index (χ2v) is 2.84. The van der Waals surface area contributed by atoms with Crippen LogP contribution in [0.25, 0.3) is 0 Å². The summed E-state index contributed by atoms with van der Waals surface area (Å²) in [5.74, 6) is -1.28. The second-order valence-electron chi connectivity index (χ2n) is 2.84. The molecule has 0 saturated carbocycles. The van der Waals surface area contributed by atoms with Crippen LogP contribution in [0.4, 0.5) is 17.6 Å². The summed E-state index contributed by atoms with van der Waals surface area (Å²) in [6.45, 7) is -1.60. The molecule has 0 atom stereocenters. The maximum Gasteiger partial charge on any atom is 0.422 e. The molecule has 92 valence electrons. The molecule has 0 unspecified atom stereocenters. The van der Waals surface area contributed by atoms with Crippen LogP contribution in [0.3, 0.4) is 0 Å². The maximum atomic E-state index is 13.3. The Morgan fingerprint density at radius 2 is 1.88 bits per heavy atom. The lowest BCUT2D eigenvalue weighted by Gasteiger charge is -2.11. The molecule has 0 aliphatic heterocycles. The number of rotatable bonds is 3. The van der Waals surface area contributed by atoms with Crippen molar-refractivity contribution in [2.24, 2.45) is 5.73 Å². The van der Waals surface area contributed by atoms with Gasteiger partial charge in [0, 0.05) is 12.1 Å². The molecule has 1 rings (SSSR count). The van der Waals surface area contributed by atoms with Gasteiger partial charge in [-0.2, -0.15) is 13.2 Å².